The Hall–Kier alpha value is -1.83. The third-order valence-electron chi connectivity index (χ3n) is 4.21. The van der Waals surface area contributed by atoms with Crippen LogP contribution in [-0.2, 0) is 9.57 Å². The molecule has 22 heavy (non-hydrogen) atoms. The van der Waals surface area contributed by atoms with Gasteiger partial charge in [-0.05, 0) is 43.4 Å². The third kappa shape index (κ3) is 3.32. The fourth-order valence-corrected chi connectivity index (χ4v) is 3.04. The number of rotatable bonds is 3. The summed E-state index contributed by atoms with van der Waals surface area (Å²) >= 11 is 0. The highest BCUT2D eigenvalue weighted by Crippen LogP contribution is 2.35. The quantitative estimate of drug-likeness (QED) is 0.871. The molecule has 1 atom stereocenters. The van der Waals surface area contributed by atoms with Crippen molar-refractivity contribution in [2.75, 3.05) is 13.7 Å². The minimum Gasteiger partial charge on any atom is -0.392 e. The first-order valence-electron chi connectivity index (χ1n) is 7.72. The number of ether oxygens (including phenoxy) is 1. The van der Waals surface area contributed by atoms with E-state index < -0.39 is 0 Å². The number of hydrogen-bond donors (Lipinski definition) is 1. The number of nitrogens with two attached hydrogens (primary N) is 1. The molecule has 0 bridgehead atoms. The van der Waals surface area contributed by atoms with Crippen molar-refractivity contribution in [2.24, 2.45) is 16.8 Å². The summed E-state index contributed by atoms with van der Waals surface area (Å²) < 4.78 is 5.15. The standard InChI is InChI=1S/C18H22N2O2/c1-13-9-17(20-22-13)16-5-3-14(4-6-16)7-8-18(19)10-15(11-18)12-21-2/h3-6,13,15H,9-12,19H2,1-2H3. The summed E-state index contributed by atoms with van der Waals surface area (Å²) in [5, 5.41) is 4.10. The lowest BCUT2D eigenvalue weighted by molar-refractivity contribution is 0.0790. The number of hydrogen-bond acceptors (Lipinski definition) is 4. The molecule has 2 aliphatic rings. The molecule has 2 N–H and O–H groups in total. The minimum absolute atomic E-state index is 0.172. The first kappa shape index (κ1) is 15.1. The van der Waals surface area contributed by atoms with Crippen molar-refractivity contribution in [3.8, 4) is 11.8 Å². The molecule has 1 aliphatic carbocycles. The van der Waals surface area contributed by atoms with Gasteiger partial charge in [-0.3, -0.25) is 0 Å². The van der Waals surface area contributed by atoms with Crippen LogP contribution in [0, 0.1) is 17.8 Å². The van der Waals surface area contributed by atoms with Gasteiger partial charge in [0.1, 0.15) is 6.10 Å². The molecule has 0 spiro atoms. The van der Waals surface area contributed by atoms with Gasteiger partial charge in [-0.1, -0.05) is 29.1 Å². The maximum Gasteiger partial charge on any atom is 0.130 e. The van der Waals surface area contributed by atoms with Crippen LogP contribution in [0.15, 0.2) is 29.4 Å². The summed E-state index contributed by atoms with van der Waals surface area (Å²) in [6.07, 6.45) is 2.86. The van der Waals surface area contributed by atoms with Gasteiger partial charge in [0.05, 0.1) is 11.3 Å². The van der Waals surface area contributed by atoms with Gasteiger partial charge in [-0.2, -0.15) is 0 Å². The van der Waals surface area contributed by atoms with E-state index in [2.05, 4.69) is 17.0 Å². The zero-order valence-electron chi connectivity index (χ0n) is 13.1. The van der Waals surface area contributed by atoms with E-state index in [0.717, 1.165) is 42.7 Å². The first-order chi connectivity index (χ1) is 10.6. The Labute approximate surface area is 131 Å². The molecule has 1 aromatic rings. The van der Waals surface area contributed by atoms with Crippen molar-refractivity contribution in [1.29, 1.82) is 0 Å². The molecule has 116 valence electrons. The van der Waals surface area contributed by atoms with Crippen molar-refractivity contribution in [1.82, 2.24) is 0 Å². The van der Waals surface area contributed by atoms with E-state index in [9.17, 15) is 0 Å². The van der Waals surface area contributed by atoms with Crippen LogP contribution in [0.2, 0.25) is 0 Å². The molecule has 0 radical (unpaired) electrons. The van der Waals surface area contributed by atoms with Crippen LogP contribution in [0.1, 0.15) is 37.3 Å². The predicted octanol–water partition coefficient (Wildman–Crippen LogP) is 2.30. The van der Waals surface area contributed by atoms with Crippen LogP contribution < -0.4 is 5.73 Å². The van der Waals surface area contributed by atoms with E-state index in [-0.39, 0.29) is 11.6 Å². The largest absolute Gasteiger partial charge is 0.392 e. The van der Waals surface area contributed by atoms with Gasteiger partial charge in [-0.15, -0.1) is 0 Å². The summed E-state index contributed by atoms with van der Waals surface area (Å²) in [5.74, 6) is 6.95. The topological polar surface area (TPSA) is 56.8 Å². The Kier molecular flexibility index (Phi) is 4.19. The molecular weight excluding hydrogens is 276 g/mol. The molecule has 0 amide bonds. The molecular formula is C18H22N2O2. The zero-order chi connectivity index (χ0) is 15.6. The Balaban J connectivity index is 1.62. The Morgan fingerprint density at radius 3 is 2.68 bits per heavy atom. The average Bonchev–Trinajstić information content (AvgIpc) is 2.91. The van der Waals surface area contributed by atoms with E-state index in [1.54, 1.807) is 7.11 Å². The molecule has 0 aromatic heterocycles. The fourth-order valence-electron chi connectivity index (χ4n) is 3.04. The Morgan fingerprint density at radius 2 is 2.09 bits per heavy atom. The predicted molar refractivity (Wildman–Crippen MR) is 86.5 cm³/mol. The van der Waals surface area contributed by atoms with Crippen molar-refractivity contribution in [2.45, 2.75) is 37.8 Å². The molecule has 1 saturated carbocycles. The molecule has 1 aromatic carbocycles. The van der Waals surface area contributed by atoms with Gasteiger partial charge >= 0.3 is 0 Å². The molecule has 4 heteroatoms. The van der Waals surface area contributed by atoms with E-state index in [1.807, 2.05) is 31.2 Å². The smallest absolute Gasteiger partial charge is 0.130 e. The first-order valence-corrected chi connectivity index (χ1v) is 7.72. The molecule has 3 rings (SSSR count). The van der Waals surface area contributed by atoms with Crippen molar-refractivity contribution < 1.29 is 9.57 Å². The summed E-state index contributed by atoms with van der Waals surface area (Å²) in [5.41, 5.74) is 8.99. The van der Waals surface area contributed by atoms with E-state index in [0.29, 0.717) is 5.92 Å². The lowest BCUT2D eigenvalue weighted by Crippen LogP contribution is -2.51. The van der Waals surface area contributed by atoms with Gasteiger partial charge < -0.3 is 15.3 Å². The SMILES string of the molecule is COCC1CC(N)(C#Cc2ccc(C3=NOC(C)C3)cc2)C1. The number of nitrogens with zero attached hydrogens (tertiary/aromatic N) is 1. The monoisotopic (exact) mass is 298 g/mol. The molecule has 1 aliphatic heterocycles. The third-order valence-corrected chi connectivity index (χ3v) is 4.21. The lowest BCUT2D eigenvalue weighted by Gasteiger charge is -2.40. The fraction of sp³-hybridized carbons (Fsp3) is 0.500. The summed E-state index contributed by atoms with van der Waals surface area (Å²) in [7, 11) is 1.73. The van der Waals surface area contributed by atoms with E-state index in [4.69, 9.17) is 15.3 Å². The highest BCUT2D eigenvalue weighted by Gasteiger charge is 2.39. The molecule has 1 heterocycles. The maximum absolute atomic E-state index is 6.25. The van der Waals surface area contributed by atoms with Crippen LogP contribution in [0.25, 0.3) is 0 Å². The van der Waals surface area contributed by atoms with Gasteiger partial charge in [0.25, 0.3) is 0 Å². The molecule has 4 nitrogen and oxygen atoms in total. The number of oxime groups is 1. The lowest BCUT2D eigenvalue weighted by atomic mass is 9.69. The normalized spacial score (nSPS) is 29.9. The van der Waals surface area contributed by atoms with Crippen molar-refractivity contribution >= 4 is 5.71 Å². The summed E-state index contributed by atoms with van der Waals surface area (Å²) in [6, 6.07) is 8.12. The maximum atomic E-state index is 6.25. The number of benzene rings is 1. The van der Waals surface area contributed by atoms with Gasteiger partial charge in [0.2, 0.25) is 0 Å². The van der Waals surface area contributed by atoms with Crippen LogP contribution >= 0.6 is 0 Å². The molecule has 1 unspecified atom stereocenters. The second-order valence-corrected chi connectivity index (χ2v) is 6.37. The number of methoxy groups -OCH3 is 1. The molecule has 0 saturated heterocycles. The second kappa shape index (κ2) is 6.12. The highest BCUT2D eigenvalue weighted by molar-refractivity contribution is 6.01. The zero-order valence-corrected chi connectivity index (χ0v) is 13.1. The second-order valence-electron chi connectivity index (χ2n) is 6.37. The highest BCUT2D eigenvalue weighted by atomic mass is 16.6. The van der Waals surface area contributed by atoms with Crippen molar-refractivity contribution in [3.63, 3.8) is 0 Å². The Morgan fingerprint density at radius 1 is 1.36 bits per heavy atom. The summed E-state index contributed by atoms with van der Waals surface area (Å²) in [4.78, 5) is 5.23. The van der Waals surface area contributed by atoms with E-state index >= 15 is 0 Å². The Bertz CT molecular complexity index is 619. The summed E-state index contributed by atoms with van der Waals surface area (Å²) in [6.45, 7) is 2.80. The molecule has 1 fully saturated rings. The van der Waals surface area contributed by atoms with Crippen LogP contribution in [0.4, 0.5) is 0 Å². The van der Waals surface area contributed by atoms with Crippen molar-refractivity contribution in [3.05, 3.63) is 35.4 Å². The minimum atomic E-state index is -0.347. The van der Waals surface area contributed by atoms with Crippen LogP contribution in [0.3, 0.4) is 0 Å². The van der Waals surface area contributed by atoms with Crippen LogP contribution in [0.5, 0.6) is 0 Å². The van der Waals surface area contributed by atoms with Crippen LogP contribution in [-0.4, -0.2) is 31.1 Å². The van der Waals surface area contributed by atoms with E-state index in [1.165, 1.54) is 0 Å². The average molecular weight is 298 g/mol. The van der Waals surface area contributed by atoms with Gasteiger partial charge in [0, 0.05) is 25.7 Å². The van der Waals surface area contributed by atoms with Gasteiger partial charge in [-0.25, -0.2) is 0 Å². The van der Waals surface area contributed by atoms with Gasteiger partial charge in [0.15, 0.2) is 0 Å².